The van der Waals surface area contributed by atoms with Crippen molar-refractivity contribution in [3.63, 3.8) is 0 Å². The van der Waals surface area contributed by atoms with Gasteiger partial charge < -0.3 is 14.4 Å². The second kappa shape index (κ2) is 6.93. The van der Waals surface area contributed by atoms with Crippen molar-refractivity contribution in [1.29, 1.82) is 5.26 Å². The minimum Gasteiger partial charge on any atom is -0.486 e. The van der Waals surface area contributed by atoms with Gasteiger partial charge >= 0.3 is 0 Å². The molecule has 1 aliphatic rings. The van der Waals surface area contributed by atoms with E-state index in [-0.39, 0.29) is 12.3 Å². The molecule has 122 valence electrons. The van der Waals surface area contributed by atoms with Crippen LogP contribution < -0.4 is 14.4 Å². The van der Waals surface area contributed by atoms with Gasteiger partial charge in [-0.05, 0) is 35.9 Å². The van der Waals surface area contributed by atoms with E-state index >= 15 is 0 Å². The summed E-state index contributed by atoms with van der Waals surface area (Å²) in [6.45, 7) is 1.03. The van der Waals surface area contributed by atoms with Crippen LogP contribution in [0.2, 0.25) is 0 Å². The molecule has 1 amide bonds. The van der Waals surface area contributed by atoms with Gasteiger partial charge in [-0.15, -0.1) is 0 Å². The van der Waals surface area contributed by atoms with Crippen molar-refractivity contribution in [2.45, 2.75) is 6.42 Å². The number of carbonyl (C=O) groups is 1. The molecule has 0 fully saturated rings. The minimum atomic E-state index is -0.0810. The van der Waals surface area contributed by atoms with Gasteiger partial charge in [-0.2, -0.15) is 5.26 Å². The number of fused-ring (bicyclic) bond motifs is 1. The number of hydrogen-bond acceptors (Lipinski definition) is 4. The quantitative estimate of drug-likeness (QED) is 0.811. The highest BCUT2D eigenvalue weighted by atomic mass is 79.9. The van der Waals surface area contributed by atoms with E-state index in [9.17, 15) is 4.79 Å². The normalized spacial score (nSPS) is 12.4. The number of rotatable bonds is 3. The Morgan fingerprint density at radius 3 is 2.67 bits per heavy atom. The first-order valence-corrected chi connectivity index (χ1v) is 8.22. The molecule has 2 aromatic rings. The van der Waals surface area contributed by atoms with E-state index in [1.54, 1.807) is 36.2 Å². The molecule has 0 spiro atoms. The first-order chi connectivity index (χ1) is 11.6. The van der Waals surface area contributed by atoms with Gasteiger partial charge in [-0.3, -0.25) is 4.79 Å². The van der Waals surface area contributed by atoms with Crippen LogP contribution in [0.1, 0.15) is 11.1 Å². The van der Waals surface area contributed by atoms with Crippen LogP contribution in [0.4, 0.5) is 5.69 Å². The van der Waals surface area contributed by atoms with Crippen LogP contribution in [-0.4, -0.2) is 26.2 Å². The van der Waals surface area contributed by atoms with Crippen molar-refractivity contribution in [1.82, 2.24) is 0 Å². The topological polar surface area (TPSA) is 62.6 Å². The average molecular weight is 387 g/mol. The molecule has 0 radical (unpaired) electrons. The van der Waals surface area contributed by atoms with Gasteiger partial charge in [0, 0.05) is 17.2 Å². The summed E-state index contributed by atoms with van der Waals surface area (Å²) in [5.41, 5.74) is 2.04. The number of nitrogens with zero attached hydrogens (tertiary/aromatic N) is 2. The Balaban J connectivity index is 1.80. The van der Waals surface area contributed by atoms with Crippen molar-refractivity contribution in [3.05, 3.63) is 52.0 Å². The van der Waals surface area contributed by atoms with Crippen molar-refractivity contribution >= 4 is 27.5 Å². The molecular weight excluding hydrogens is 372 g/mol. The van der Waals surface area contributed by atoms with Crippen molar-refractivity contribution in [2.24, 2.45) is 0 Å². The fourth-order valence-corrected chi connectivity index (χ4v) is 2.91. The van der Waals surface area contributed by atoms with Crippen LogP contribution in [0.5, 0.6) is 11.5 Å². The Hall–Kier alpha value is -2.52. The van der Waals surface area contributed by atoms with Crippen LogP contribution in [-0.2, 0) is 11.2 Å². The molecular formula is C18H15BrN2O3. The van der Waals surface area contributed by atoms with E-state index in [1.165, 1.54) is 0 Å². The Bertz CT molecular complexity index is 829. The zero-order valence-electron chi connectivity index (χ0n) is 13.1. The maximum Gasteiger partial charge on any atom is 0.231 e. The number of nitriles is 1. The molecule has 2 aromatic carbocycles. The zero-order chi connectivity index (χ0) is 17.1. The zero-order valence-corrected chi connectivity index (χ0v) is 14.7. The van der Waals surface area contributed by atoms with Crippen LogP contribution in [0, 0.1) is 11.3 Å². The molecule has 3 rings (SSSR count). The lowest BCUT2D eigenvalue weighted by Gasteiger charge is -2.21. The SMILES string of the molecule is CN(C(=O)Cc1cc2c(cc1Br)OCCO2)c1cccc(C#N)c1. The maximum atomic E-state index is 12.6. The molecule has 0 atom stereocenters. The van der Waals surface area contributed by atoms with E-state index < -0.39 is 0 Å². The second-order valence-corrected chi connectivity index (χ2v) is 6.23. The monoisotopic (exact) mass is 386 g/mol. The molecule has 5 nitrogen and oxygen atoms in total. The molecule has 0 unspecified atom stereocenters. The predicted molar refractivity (Wildman–Crippen MR) is 93.4 cm³/mol. The lowest BCUT2D eigenvalue weighted by atomic mass is 10.1. The average Bonchev–Trinajstić information content (AvgIpc) is 2.61. The maximum absolute atomic E-state index is 12.6. The fourth-order valence-electron chi connectivity index (χ4n) is 2.45. The molecule has 0 saturated heterocycles. The third-order valence-corrected chi connectivity index (χ3v) is 4.53. The van der Waals surface area contributed by atoms with E-state index in [0.717, 1.165) is 10.0 Å². The Morgan fingerprint density at radius 1 is 1.25 bits per heavy atom. The number of benzene rings is 2. The fraction of sp³-hybridized carbons (Fsp3) is 0.222. The molecule has 1 heterocycles. The summed E-state index contributed by atoms with van der Waals surface area (Å²) in [5.74, 6) is 1.25. The van der Waals surface area contributed by atoms with Crippen LogP contribution >= 0.6 is 15.9 Å². The second-order valence-electron chi connectivity index (χ2n) is 5.38. The first kappa shape index (κ1) is 16.3. The Labute approximate surface area is 148 Å². The van der Waals surface area contributed by atoms with E-state index in [0.29, 0.717) is 36.0 Å². The van der Waals surface area contributed by atoms with E-state index in [1.807, 2.05) is 12.1 Å². The lowest BCUT2D eigenvalue weighted by molar-refractivity contribution is -0.117. The summed E-state index contributed by atoms with van der Waals surface area (Å²) in [6, 6.07) is 12.7. The van der Waals surface area contributed by atoms with Crippen LogP contribution in [0.3, 0.4) is 0 Å². The van der Waals surface area contributed by atoms with Gasteiger partial charge in [0.15, 0.2) is 11.5 Å². The van der Waals surface area contributed by atoms with Gasteiger partial charge in [-0.1, -0.05) is 22.0 Å². The standard InChI is InChI=1S/C18H15BrN2O3/c1-21(14-4-2-3-12(7-14)11-20)18(22)9-13-8-16-17(10-15(13)19)24-6-5-23-16/h2-4,7-8,10H,5-6,9H2,1H3. The van der Waals surface area contributed by atoms with Crippen molar-refractivity contribution < 1.29 is 14.3 Å². The highest BCUT2D eigenvalue weighted by molar-refractivity contribution is 9.10. The smallest absolute Gasteiger partial charge is 0.231 e. The first-order valence-electron chi connectivity index (χ1n) is 7.43. The summed E-state index contributed by atoms with van der Waals surface area (Å²) in [7, 11) is 1.70. The molecule has 6 heteroatoms. The number of likely N-dealkylation sites (N-methyl/N-ethyl adjacent to an activating group) is 1. The van der Waals surface area contributed by atoms with E-state index in [4.69, 9.17) is 14.7 Å². The Kier molecular flexibility index (Phi) is 4.72. The highest BCUT2D eigenvalue weighted by Crippen LogP contribution is 2.36. The third-order valence-electron chi connectivity index (χ3n) is 3.79. The Morgan fingerprint density at radius 2 is 1.96 bits per heavy atom. The van der Waals surface area contributed by atoms with Gasteiger partial charge in [0.25, 0.3) is 0 Å². The summed E-state index contributed by atoms with van der Waals surface area (Å²) < 4.78 is 11.9. The summed E-state index contributed by atoms with van der Waals surface area (Å²) in [5, 5.41) is 8.98. The summed E-state index contributed by atoms with van der Waals surface area (Å²) >= 11 is 3.48. The summed E-state index contributed by atoms with van der Waals surface area (Å²) in [6.07, 6.45) is 0.213. The number of carbonyl (C=O) groups excluding carboxylic acids is 1. The molecule has 24 heavy (non-hydrogen) atoms. The van der Waals surface area contributed by atoms with Gasteiger partial charge in [0.2, 0.25) is 5.91 Å². The van der Waals surface area contributed by atoms with Gasteiger partial charge in [0.1, 0.15) is 13.2 Å². The minimum absolute atomic E-state index is 0.0810. The predicted octanol–water partition coefficient (Wildman–Crippen LogP) is 3.30. The van der Waals surface area contributed by atoms with Crippen LogP contribution in [0.25, 0.3) is 0 Å². The molecule has 0 saturated carbocycles. The van der Waals surface area contributed by atoms with Crippen molar-refractivity contribution in [3.8, 4) is 17.6 Å². The summed E-state index contributed by atoms with van der Waals surface area (Å²) in [4.78, 5) is 14.1. The lowest BCUT2D eigenvalue weighted by Crippen LogP contribution is -2.28. The highest BCUT2D eigenvalue weighted by Gasteiger charge is 2.18. The number of hydrogen-bond donors (Lipinski definition) is 0. The van der Waals surface area contributed by atoms with Crippen molar-refractivity contribution in [2.75, 3.05) is 25.2 Å². The van der Waals surface area contributed by atoms with Gasteiger partial charge in [0.05, 0.1) is 18.1 Å². The number of halogens is 1. The number of ether oxygens (including phenoxy) is 2. The molecule has 0 bridgehead atoms. The van der Waals surface area contributed by atoms with Gasteiger partial charge in [-0.25, -0.2) is 0 Å². The van der Waals surface area contributed by atoms with Crippen LogP contribution in [0.15, 0.2) is 40.9 Å². The molecule has 0 aliphatic carbocycles. The number of amides is 1. The van der Waals surface area contributed by atoms with E-state index in [2.05, 4.69) is 22.0 Å². The number of anilines is 1. The molecule has 0 N–H and O–H groups in total. The largest absolute Gasteiger partial charge is 0.486 e. The molecule has 1 aliphatic heterocycles. The molecule has 0 aromatic heterocycles. The third kappa shape index (κ3) is 3.36.